The molecular weight excluding hydrogens is 348 g/mol. The molecule has 7 heteroatoms. The lowest BCUT2D eigenvalue weighted by molar-refractivity contribution is 0.0172. The van der Waals surface area contributed by atoms with E-state index in [9.17, 15) is 17.2 Å². The Hall–Kier alpha value is -2.15. The molecule has 0 unspecified atom stereocenters. The number of hydrogen-bond donors (Lipinski definition) is 0. The predicted octanol–water partition coefficient (Wildman–Crippen LogP) is 3.95. The largest absolute Gasteiger partial charge is 0.497 e. The molecule has 0 aromatic heterocycles. The first-order chi connectivity index (χ1) is 11.7. The Kier molecular flexibility index (Phi) is 4.45. The molecule has 0 fully saturated rings. The first kappa shape index (κ1) is 17.7. The number of anilines is 1. The second kappa shape index (κ2) is 6.29. The highest BCUT2D eigenvalue weighted by atomic mass is 32.2. The van der Waals surface area contributed by atoms with Crippen molar-refractivity contribution in [3.05, 3.63) is 53.6 Å². The topological polar surface area (TPSA) is 46.6 Å². The van der Waals surface area contributed by atoms with Gasteiger partial charge in [-0.15, -0.1) is 0 Å². The Morgan fingerprint density at radius 1 is 1.16 bits per heavy atom. The molecule has 2 aromatic rings. The third kappa shape index (κ3) is 3.33. The van der Waals surface area contributed by atoms with Gasteiger partial charge in [-0.25, -0.2) is 17.2 Å². The average molecular weight is 367 g/mol. The van der Waals surface area contributed by atoms with Gasteiger partial charge in [0.2, 0.25) is 0 Å². The zero-order valence-corrected chi connectivity index (χ0v) is 14.8. The summed E-state index contributed by atoms with van der Waals surface area (Å²) in [5, 5.41) is 0. The lowest BCUT2D eigenvalue weighted by Gasteiger charge is -2.31. The van der Waals surface area contributed by atoms with E-state index in [2.05, 4.69) is 0 Å². The van der Waals surface area contributed by atoms with Crippen molar-refractivity contribution in [1.82, 2.24) is 0 Å². The number of hydrogen-bond acceptors (Lipinski definition) is 3. The van der Waals surface area contributed by atoms with Crippen LogP contribution in [-0.4, -0.2) is 22.1 Å². The number of alkyl halides is 2. The van der Waals surface area contributed by atoms with Gasteiger partial charge < -0.3 is 4.74 Å². The lowest BCUT2D eigenvalue weighted by Crippen LogP contribution is -2.35. The fourth-order valence-electron chi connectivity index (χ4n) is 2.95. The molecule has 0 atom stereocenters. The first-order valence-corrected chi connectivity index (χ1v) is 9.35. The normalized spacial score (nSPS) is 15.0. The Balaban J connectivity index is 2.08. The fourth-order valence-corrected chi connectivity index (χ4v) is 4.53. The van der Waals surface area contributed by atoms with Crippen LogP contribution in [0.4, 0.5) is 14.5 Å². The van der Waals surface area contributed by atoms with Crippen LogP contribution in [0.2, 0.25) is 0 Å². The Labute approximate surface area is 146 Å². The van der Waals surface area contributed by atoms with Crippen LogP contribution in [-0.2, 0) is 22.4 Å². The lowest BCUT2D eigenvalue weighted by atomic mass is 10.0. The van der Waals surface area contributed by atoms with E-state index in [-0.39, 0.29) is 10.5 Å². The van der Waals surface area contributed by atoms with Crippen molar-refractivity contribution < 1.29 is 21.9 Å². The molecule has 1 heterocycles. The molecule has 0 amide bonds. The van der Waals surface area contributed by atoms with Crippen LogP contribution in [0.15, 0.2) is 47.4 Å². The Morgan fingerprint density at radius 2 is 1.92 bits per heavy atom. The molecule has 2 aromatic carbocycles. The van der Waals surface area contributed by atoms with Gasteiger partial charge in [0.15, 0.2) is 0 Å². The molecule has 4 nitrogen and oxygen atoms in total. The number of fused-ring (bicyclic) bond motifs is 1. The van der Waals surface area contributed by atoms with E-state index in [1.54, 1.807) is 12.1 Å². The summed E-state index contributed by atoms with van der Waals surface area (Å²) in [5.74, 6) is -2.55. The van der Waals surface area contributed by atoms with E-state index in [4.69, 9.17) is 4.74 Å². The smallest absolute Gasteiger partial charge is 0.270 e. The van der Waals surface area contributed by atoms with Crippen LogP contribution in [0.3, 0.4) is 0 Å². The first-order valence-electron chi connectivity index (χ1n) is 7.91. The summed E-state index contributed by atoms with van der Waals surface area (Å²) in [6, 6.07) is 10.3. The van der Waals surface area contributed by atoms with E-state index in [1.165, 1.54) is 29.6 Å². The van der Waals surface area contributed by atoms with E-state index >= 15 is 0 Å². The zero-order valence-electron chi connectivity index (χ0n) is 14.0. The van der Waals surface area contributed by atoms with Crippen molar-refractivity contribution in [2.24, 2.45) is 0 Å². The molecule has 0 bridgehead atoms. The van der Waals surface area contributed by atoms with Crippen molar-refractivity contribution >= 4 is 15.7 Å². The molecule has 25 heavy (non-hydrogen) atoms. The van der Waals surface area contributed by atoms with Crippen LogP contribution in [0.25, 0.3) is 0 Å². The molecular formula is C18H19F2NO3S. The van der Waals surface area contributed by atoms with Crippen molar-refractivity contribution in [2.75, 3.05) is 18.0 Å². The highest BCUT2D eigenvalue weighted by Crippen LogP contribution is 2.36. The molecule has 0 aliphatic carbocycles. The number of methoxy groups -OCH3 is 1. The van der Waals surface area contributed by atoms with E-state index in [0.29, 0.717) is 24.4 Å². The fraction of sp³-hybridized carbons (Fsp3) is 0.333. The predicted molar refractivity (Wildman–Crippen MR) is 91.9 cm³/mol. The molecule has 0 saturated carbocycles. The molecule has 0 saturated heterocycles. The SMILES string of the molecule is COc1ccc2c(c1)N(S(=O)(=O)c1cccc(C(C)(F)F)c1)CCC2. The minimum atomic E-state index is -3.94. The van der Waals surface area contributed by atoms with Crippen molar-refractivity contribution in [3.63, 3.8) is 0 Å². The maximum atomic E-state index is 13.6. The highest BCUT2D eigenvalue weighted by molar-refractivity contribution is 7.92. The van der Waals surface area contributed by atoms with Crippen molar-refractivity contribution in [3.8, 4) is 5.75 Å². The number of ether oxygens (including phenoxy) is 1. The van der Waals surface area contributed by atoms with Crippen molar-refractivity contribution in [2.45, 2.75) is 30.6 Å². The number of sulfonamides is 1. The summed E-state index contributed by atoms with van der Waals surface area (Å²) in [5.41, 5.74) is 1.11. The number of aryl methyl sites for hydroxylation is 1. The summed E-state index contributed by atoms with van der Waals surface area (Å²) in [6.07, 6.45) is 1.43. The van der Waals surface area contributed by atoms with Gasteiger partial charge >= 0.3 is 0 Å². The second-order valence-corrected chi connectivity index (χ2v) is 7.95. The number of benzene rings is 2. The standard InChI is InChI=1S/C18H19F2NO3S/c1-18(19,20)14-6-3-7-16(11-14)25(22,23)21-10-4-5-13-8-9-15(24-2)12-17(13)21/h3,6-9,11-12H,4-5,10H2,1-2H3. The maximum absolute atomic E-state index is 13.6. The number of halogens is 2. The molecule has 3 rings (SSSR count). The number of rotatable bonds is 4. The molecule has 1 aliphatic heterocycles. The molecule has 0 spiro atoms. The van der Waals surface area contributed by atoms with E-state index in [1.807, 2.05) is 6.07 Å². The number of nitrogens with zero attached hydrogens (tertiary/aromatic N) is 1. The van der Waals surface area contributed by atoms with Crippen LogP contribution >= 0.6 is 0 Å². The molecule has 0 radical (unpaired) electrons. The summed E-state index contributed by atoms with van der Waals surface area (Å²) in [4.78, 5) is -0.137. The van der Waals surface area contributed by atoms with Crippen molar-refractivity contribution in [1.29, 1.82) is 0 Å². The van der Waals surface area contributed by atoms with Gasteiger partial charge in [0, 0.05) is 25.1 Å². The van der Waals surface area contributed by atoms with Crippen LogP contribution < -0.4 is 9.04 Å². The van der Waals surface area contributed by atoms with E-state index < -0.39 is 15.9 Å². The van der Waals surface area contributed by atoms with Gasteiger partial charge in [-0.2, -0.15) is 0 Å². The molecule has 134 valence electrons. The van der Waals surface area contributed by atoms with Gasteiger partial charge in [-0.3, -0.25) is 4.31 Å². The van der Waals surface area contributed by atoms with Gasteiger partial charge in [0.1, 0.15) is 5.75 Å². The zero-order chi connectivity index (χ0) is 18.2. The minimum Gasteiger partial charge on any atom is -0.497 e. The van der Waals surface area contributed by atoms with Gasteiger partial charge in [0.05, 0.1) is 17.7 Å². The average Bonchev–Trinajstić information content (AvgIpc) is 2.60. The Bertz CT molecular complexity index is 891. The van der Waals surface area contributed by atoms with Gasteiger partial charge in [-0.1, -0.05) is 18.2 Å². The molecule has 1 aliphatic rings. The monoisotopic (exact) mass is 367 g/mol. The van der Waals surface area contributed by atoms with E-state index in [0.717, 1.165) is 25.0 Å². The summed E-state index contributed by atoms with van der Waals surface area (Å²) >= 11 is 0. The second-order valence-electron chi connectivity index (χ2n) is 6.09. The maximum Gasteiger partial charge on any atom is 0.270 e. The third-order valence-corrected chi connectivity index (χ3v) is 6.11. The summed E-state index contributed by atoms with van der Waals surface area (Å²) < 4.78 is 59.8. The quantitative estimate of drug-likeness (QED) is 0.822. The highest BCUT2D eigenvalue weighted by Gasteiger charge is 2.31. The molecule has 0 N–H and O–H groups in total. The minimum absolute atomic E-state index is 0.137. The summed E-state index contributed by atoms with van der Waals surface area (Å²) in [6.45, 7) is 1.05. The van der Waals surface area contributed by atoms with Crippen LogP contribution in [0.1, 0.15) is 24.5 Å². The van der Waals surface area contributed by atoms with Gasteiger partial charge in [0.25, 0.3) is 15.9 Å². The van der Waals surface area contributed by atoms with Crippen LogP contribution in [0, 0.1) is 0 Å². The van der Waals surface area contributed by atoms with Gasteiger partial charge in [-0.05, 0) is 36.6 Å². The Morgan fingerprint density at radius 3 is 2.60 bits per heavy atom. The van der Waals surface area contributed by atoms with Crippen LogP contribution in [0.5, 0.6) is 5.75 Å². The third-order valence-electron chi connectivity index (χ3n) is 4.30. The summed E-state index contributed by atoms with van der Waals surface area (Å²) in [7, 11) is -2.43.